The van der Waals surface area contributed by atoms with Crippen LogP contribution >= 0.6 is 11.6 Å². The molecule has 1 aromatic rings. The minimum Gasteiger partial charge on any atom is -0.497 e. The summed E-state index contributed by atoms with van der Waals surface area (Å²) in [6.07, 6.45) is 1.63. The highest BCUT2D eigenvalue weighted by atomic mass is 35.5. The van der Waals surface area contributed by atoms with Gasteiger partial charge in [0.15, 0.2) is 0 Å². The first-order valence-corrected chi connectivity index (χ1v) is 6.29. The van der Waals surface area contributed by atoms with E-state index in [1.165, 1.54) is 0 Å². The summed E-state index contributed by atoms with van der Waals surface area (Å²) in [5.41, 5.74) is 0.936. The molecule has 1 atom stereocenters. The number of methoxy groups -OCH3 is 1. The number of hydrogen-bond acceptors (Lipinski definition) is 3. The number of rotatable bonds is 4. The molecule has 0 saturated carbocycles. The summed E-state index contributed by atoms with van der Waals surface area (Å²) in [6, 6.07) is 5.09. The average molecular weight is 270 g/mol. The highest BCUT2D eigenvalue weighted by Crippen LogP contribution is 2.26. The Morgan fingerprint density at radius 2 is 2.39 bits per heavy atom. The van der Waals surface area contributed by atoms with Crippen molar-refractivity contribution in [1.29, 1.82) is 0 Å². The Labute approximate surface area is 111 Å². The molecule has 2 rings (SSSR count). The molecule has 0 spiro atoms. The Kier molecular flexibility index (Phi) is 4.09. The molecule has 1 saturated heterocycles. The number of carboxylic acid groups (broad SMARTS) is 1. The minimum absolute atomic E-state index is 0.386. The first kappa shape index (κ1) is 13.2. The van der Waals surface area contributed by atoms with Crippen LogP contribution in [-0.4, -0.2) is 35.7 Å². The van der Waals surface area contributed by atoms with Crippen molar-refractivity contribution in [2.45, 2.75) is 25.4 Å². The molecule has 0 aliphatic carbocycles. The lowest BCUT2D eigenvalue weighted by molar-refractivity contribution is -0.142. The van der Waals surface area contributed by atoms with Gasteiger partial charge in [0.05, 0.1) is 7.11 Å². The zero-order valence-electron chi connectivity index (χ0n) is 10.2. The second-order valence-corrected chi connectivity index (χ2v) is 4.83. The maximum atomic E-state index is 11.1. The quantitative estimate of drug-likeness (QED) is 0.912. The van der Waals surface area contributed by atoms with Crippen molar-refractivity contribution in [3.63, 3.8) is 0 Å². The van der Waals surface area contributed by atoms with E-state index < -0.39 is 5.97 Å². The van der Waals surface area contributed by atoms with Gasteiger partial charge in [-0.1, -0.05) is 17.7 Å². The largest absolute Gasteiger partial charge is 0.497 e. The van der Waals surface area contributed by atoms with Crippen molar-refractivity contribution in [3.8, 4) is 5.75 Å². The smallest absolute Gasteiger partial charge is 0.320 e. The highest BCUT2D eigenvalue weighted by molar-refractivity contribution is 6.31. The standard InChI is InChI=1S/C13H16ClNO3/c1-18-10-5-4-9(11(14)7-10)8-15-6-2-3-12(15)13(16)17/h4-5,7,12H,2-3,6,8H2,1H3,(H,16,17). The molecular formula is C13H16ClNO3. The summed E-state index contributed by atoms with van der Waals surface area (Å²) in [6.45, 7) is 1.37. The summed E-state index contributed by atoms with van der Waals surface area (Å²) < 4.78 is 5.09. The second-order valence-electron chi connectivity index (χ2n) is 4.42. The number of hydrogen-bond donors (Lipinski definition) is 1. The summed E-state index contributed by atoms with van der Waals surface area (Å²) >= 11 is 6.16. The van der Waals surface area contributed by atoms with Gasteiger partial charge in [0.25, 0.3) is 0 Å². The molecule has 1 aliphatic rings. The average Bonchev–Trinajstić information content (AvgIpc) is 2.80. The van der Waals surface area contributed by atoms with E-state index in [9.17, 15) is 4.79 Å². The lowest BCUT2D eigenvalue weighted by Gasteiger charge is -2.21. The van der Waals surface area contributed by atoms with Crippen LogP contribution in [0.1, 0.15) is 18.4 Å². The van der Waals surface area contributed by atoms with E-state index in [1.807, 2.05) is 17.0 Å². The number of nitrogens with zero attached hydrogens (tertiary/aromatic N) is 1. The molecule has 4 nitrogen and oxygen atoms in total. The number of benzene rings is 1. The van der Waals surface area contributed by atoms with Crippen LogP contribution in [0.3, 0.4) is 0 Å². The monoisotopic (exact) mass is 269 g/mol. The fraction of sp³-hybridized carbons (Fsp3) is 0.462. The SMILES string of the molecule is COc1ccc(CN2CCCC2C(=O)O)c(Cl)c1. The van der Waals surface area contributed by atoms with Gasteiger partial charge in [-0.15, -0.1) is 0 Å². The van der Waals surface area contributed by atoms with Crippen molar-refractivity contribution in [1.82, 2.24) is 4.90 Å². The van der Waals surface area contributed by atoms with Crippen LogP contribution in [0, 0.1) is 0 Å². The van der Waals surface area contributed by atoms with Crippen LogP contribution in [0.15, 0.2) is 18.2 Å². The second kappa shape index (κ2) is 5.59. The van der Waals surface area contributed by atoms with Gasteiger partial charge in [-0.3, -0.25) is 9.69 Å². The van der Waals surface area contributed by atoms with Gasteiger partial charge in [-0.25, -0.2) is 0 Å². The predicted octanol–water partition coefficient (Wildman–Crippen LogP) is 2.40. The van der Waals surface area contributed by atoms with E-state index >= 15 is 0 Å². The van der Waals surface area contributed by atoms with E-state index in [-0.39, 0.29) is 6.04 Å². The van der Waals surface area contributed by atoms with Gasteiger partial charge in [0, 0.05) is 11.6 Å². The van der Waals surface area contributed by atoms with Crippen molar-refractivity contribution in [2.24, 2.45) is 0 Å². The molecule has 0 aromatic heterocycles. The van der Waals surface area contributed by atoms with Crippen molar-refractivity contribution >= 4 is 17.6 Å². The number of likely N-dealkylation sites (tertiary alicyclic amines) is 1. The van der Waals surface area contributed by atoms with Gasteiger partial charge < -0.3 is 9.84 Å². The molecule has 1 unspecified atom stereocenters. The Morgan fingerprint density at radius 3 is 3.00 bits per heavy atom. The van der Waals surface area contributed by atoms with E-state index in [0.29, 0.717) is 23.7 Å². The summed E-state index contributed by atoms with van der Waals surface area (Å²) in [5.74, 6) is -0.0444. The van der Waals surface area contributed by atoms with Crippen molar-refractivity contribution in [3.05, 3.63) is 28.8 Å². The van der Waals surface area contributed by atoms with Gasteiger partial charge in [0.1, 0.15) is 11.8 Å². The zero-order chi connectivity index (χ0) is 13.1. The minimum atomic E-state index is -0.753. The Morgan fingerprint density at radius 1 is 1.61 bits per heavy atom. The van der Waals surface area contributed by atoms with E-state index in [1.54, 1.807) is 13.2 Å². The number of halogens is 1. The van der Waals surface area contributed by atoms with Crippen molar-refractivity contribution < 1.29 is 14.6 Å². The molecule has 18 heavy (non-hydrogen) atoms. The maximum Gasteiger partial charge on any atom is 0.320 e. The molecule has 0 amide bonds. The fourth-order valence-electron chi connectivity index (χ4n) is 2.30. The van der Waals surface area contributed by atoms with Gasteiger partial charge in [-0.05, 0) is 37.1 Å². The molecule has 0 radical (unpaired) electrons. The Hall–Kier alpha value is -1.26. The Balaban J connectivity index is 2.11. The van der Waals surface area contributed by atoms with Crippen LogP contribution in [0.25, 0.3) is 0 Å². The normalized spacial score (nSPS) is 20.0. The van der Waals surface area contributed by atoms with Crippen LogP contribution in [0.5, 0.6) is 5.75 Å². The number of carbonyl (C=O) groups is 1. The van der Waals surface area contributed by atoms with E-state index in [2.05, 4.69) is 0 Å². The lowest BCUT2D eigenvalue weighted by atomic mass is 10.1. The van der Waals surface area contributed by atoms with E-state index in [0.717, 1.165) is 18.5 Å². The Bertz CT molecular complexity index is 450. The van der Waals surface area contributed by atoms with Gasteiger partial charge >= 0.3 is 5.97 Å². The predicted molar refractivity (Wildman–Crippen MR) is 69.1 cm³/mol. The third kappa shape index (κ3) is 2.76. The van der Waals surface area contributed by atoms with Crippen molar-refractivity contribution in [2.75, 3.05) is 13.7 Å². The summed E-state index contributed by atoms with van der Waals surface area (Å²) in [7, 11) is 1.59. The van der Waals surface area contributed by atoms with E-state index in [4.69, 9.17) is 21.4 Å². The molecular weight excluding hydrogens is 254 g/mol. The molecule has 98 valence electrons. The first-order valence-electron chi connectivity index (χ1n) is 5.91. The molecule has 1 heterocycles. The molecule has 1 aliphatic heterocycles. The lowest BCUT2D eigenvalue weighted by Crippen LogP contribution is -2.35. The summed E-state index contributed by atoms with van der Waals surface area (Å²) in [4.78, 5) is 13.0. The zero-order valence-corrected chi connectivity index (χ0v) is 11.0. The number of carboxylic acids is 1. The van der Waals surface area contributed by atoms with Gasteiger partial charge in [-0.2, -0.15) is 0 Å². The fourth-order valence-corrected chi connectivity index (χ4v) is 2.53. The highest BCUT2D eigenvalue weighted by Gasteiger charge is 2.30. The van der Waals surface area contributed by atoms with Crippen LogP contribution in [0.2, 0.25) is 5.02 Å². The molecule has 1 N–H and O–H groups in total. The molecule has 1 aromatic carbocycles. The third-order valence-corrected chi connectivity index (χ3v) is 3.63. The molecule has 0 bridgehead atoms. The van der Waals surface area contributed by atoms with Crippen LogP contribution in [-0.2, 0) is 11.3 Å². The van der Waals surface area contributed by atoms with Crippen LogP contribution in [0.4, 0.5) is 0 Å². The number of aliphatic carboxylic acids is 1. The maximum absolute atomic E-state index is 11.1. The van der Waals surface area contributed by atoms with Crippen LogP contribution < -0.4 is 4.74 Å². The topological polar surface area (TPSA) is 49.8 Å². The molecule has 1 fully saturated rings. The summed E-state index contributed by atoms with van der Waals surface area (Å²) in [5, 5.41) is 9.73. The first-order chi connectivity index (χ1) is 8.61. The van der Waals surface area contributed by atoms with Gasteiger partial charge in [0.2, 0.25) is 0 Å². The third-order valence-electron chi connectivity index (χ3n) is 3.28. The number of ether oxygens (including phenoxy) is 1. The molecule has 5 heteroatoms.